The van der Waals surface area contributed by atoms with Gasteiger partial charge in [-0.3, -0.25) is 10.6 Å². The molecule has 0 heterocycles. The SMILES string of the molecule is c1ccc(C(NCCCCCCNC(c2ccccc2)(c2ccccc2)c2ccccc2)(c2ccccc2)c2ccccc2)cc1. The van der Waals surface area contributed by atoms with Crippen LogP contribution in [0.1, 0.15) is 59.1 Å². The molecular formula is C44H44N2. The van der Waals surface area contributed by atoms with E-state index >= 15 is 0 Å². The van der Waals surface area contributed by atoms with Crippen LogP contribution >= 0.6 is 0 Å². The molecule has 0 aliphatic heterocycles. The van der Waals surface area contributed by atoms with Gasteiger partial charge in [0.15, 0.2) is 0 Å². The molecule has 230 valence electrons. The molecule has 0 saturated carbocycles. The maximum atomic E-state index is 4.05. The molecule has 0 spiro atoms. The average Bonchev–Trinajstić information content (AvgIpc) is 3.15. The molecule has 6 aromatic carbocycles. The molecule has 2 nitrogen and oxygen atoms in total. The summed E-state index contributed by atoms with van der Waals surface area (Å²) in [7, 11) is 0. The van der Waals surface area contributed by atoms with Crippen LogP contribution in [0.5, 0.6) is 0 Å². The maximum Gasteiger partial charge on any atom is 0.0947 e. The largest absolute Gasteiger partial charge is 0.300 e. The van der Waals surface area contributed by atoms with Crippen LogP contribution in [0.15, 0.2) is 182 Å². The summed E-state index contributed by atoms with van der Waals surface area (Å²) in [6.45, 7) is 1.85. The Morgan fingerprint density at radius 1 is 0.261 bits per heavy atom. The first-order chi connectivity index (χ1) is 22.8. The summed E-state index contributed by atoms with van der Waals surface area (Å²) in [4.78, 5) is 0. The lowest BCUT2D eigenvalue weighted by Gasteiger charge is -2.37. The van der Waals surface area contributed by atoms with Crippen molar-refractivity contribution in [3.63, 3.8) is 0 Å². The van der Waals surface area contributed by atoms with Crippen molar-refractivity contribution < 1.29 is 0 Å². The molecule has 6 rings (SSSR count). The van der Waals surface area contributed by atoms with Gasteiger partial charge >= 0.3 is 0 Å². The van der Waals surface area contributed by atoms with Crippen molar-refractivity contribution in [3.8, 4) is 0 Å². The number of nitrogens with one attached hydrogen (secondary N) is 2. The van der Waals surface area contributed by atoms with Crippen molar-refractivity contribution in [2.75, 3.05) is 13.1 Å². The molecular weight excluding hydrogens is 556 g/mol. The van der Waals surface area contributed by atoms with E-state index in [9.17, 15) is 0 Å². The van der Waals surface area contributed by atoms with Gasteiger partial charge in [0.25, 0.3) is 0 Å². The normalized spacial score (nSPS) is 11.7. The second-order valence-electron chi connectivity index (χ2n) is 12.0. The average molecular weight is 601 g/mol. The van der Waals surface area contributed by atoms with Gasteiger partial charge in [-0.2, -0.15) is 0 Å². The smallest absolute Gasteiger partial charge is 0.0947 e. The van der Waals surface area contributed by atoms with Gasteiger partial charge in [0, 0.05) is 0 Å². The number of benzene rings is 6. The van der Waals surface area contributed by atoms with Crippen LogP contribution in [-0.4, -0.2) is 13.1 Å². The van der Waals surface area contributed by atoms with E-state index < -0.39 is 11.1 Å². The van der Waals surface area contributed by atoms with E-state index in [0.29, 0.717) is 0 Å². The summed E-state index contributed by atoms with van der Waals surface area (Å²) in [5.74, 6) is 0. The maximum absolute atomic E-state index is 4.05. The highest BCUT2D eigenvalue weighted by atomic mass is 15.0. The van der Waals surface area contributed by atoms with E-state index in [4.69, 9.17) is 0 Å². The van der Waals surface area contributed by atoms with Gasteiger partial charge in [0.05, 0.1) is 11.1 Å². The van der Waals surface area contributed by atoms with Crippen LogP contribution in [0, 0.1) is 0 Å². The van der Waals surface area contributed by atoms with E-state index in [0.717, 1.165) is 38.8 Å². The van der Waals surface area contributed by atoms with Gasteiger partial charge in [-0.25, -0.2) is 0 Å². The van der Waals surface area contributed by atoms with Gasteiger partial charge < -0.3 is 0 Å². The standard InChI is InChI=1S/C44H44N2/c1(21-35-45-43(37-23-9-3-10-24-37,38-25-11-4-12-26-38)39-27-13-5-14-28-39)2-22-36-46-44(40-29-15-6-16-30-40,41-31-17-7-18-32-41)42-33-19-8-20-34-42/h3-20,23-34,45-46H,1-2,21-22,35-36H2. The predicted octanol–water partition coefficient (Wildman–Crippen LogP) is 9.71. The first-order valence-corrected chi connectivity index (χ1v) is 16.7. The Hall–Kier alpha value is -4.76. The molecule has 0 fully saturated rings. The summed E-state index contributed by atoms with van der Waals surface area (Å²) in [6, 6.07) is 65.3. The van der Waals surface area contributed by atoms with E-state index in [1.165, 1.54) is 33.4 Å². The van der Waals surface area contributed by atoms with Crippen molar-refractivity contribution in [1.82, 2.24) is 10.6 Å². The molecule has 2 heteroatoms. The van der Waals surface area contributed by atoms with Crippen molar-refractivity contribution in [3.05, 3.63) is 215 Å². The fraction of sp³-hybridized carbons (Fsp3) is 0.182. The highest BCUT2D eigenvalue weighted by Crippen LogP contribution is 2.38. The fourth-order valence-corrected chi connectivity index (χ4v) is 6.90. The minimum Gasteiger partial charge on any atom is -0.300 e. The Kier molecular flexibility index (Phi) is 10.5. The zero-order valence-electron chi connectivity index (χ0n) is 26.6. The van der Waals surface area contributed by atoms with Gasteiger partial charge in [0.1, 0.15) is 0 Å². The Balaban J connectivity index is 1.14. The number of hydrogen-bond donors (Lipinski definition) is 2. The zero-order chi connectivity index (χ0) is 31.3. The number of unbranched alkanes of at least 4 members (excludes halogenated alkanes) is 3. The minimum atomic E-state index is -0.411. The lowest BCUT2D eigenvalue weighted by Crippen LogP contribution is -2.45. The molecule has 0 aromatic heterocycles. The Morgan fingerprint density at radius 3 is 0.652 bits per heavy atom. The van der Waals surface area contributed by atoms with E-state index in [2.05, 4.69) is 193 Å². The van der Waals surface area contributed by atoms with Gasteiger partial charge in [-0.1, -0.05) is 195 Å². The molecule has 2 N–H and O–H groups in total. The summed E-state index contributed by atoms with van der Waals surface area (Å²) >= 11 is 0. The third-order valence-corrected chi connectivity index (χ3v) is 9.12. The Morgan fingerprint density at radius 2 is 0.457 bits per heavy atom. The monoisotopic (exact) mass is 600 g/mol. The Labute approximate surface area is 275 Å². The zero-order valence-corrected chi connectivity index (χ0v) is 26.6. The molecule has 46 heavy (non-hydrogen) atoms. The summed E-state index contributed by atoms with van der Waals surface area (Å²) in [6.07, 6.45) is 4.54. The third-order valence-electron chi connectivity index (χ3n) is 9.12. The number of hydrogen-bond acceptors (Lipinski definition) is 2. The highest BCUT2D eigenvalue weighted by molar-refractivity contribution is 5.50. The van der Waals surface area contributed by atoms with E-state index in [1.807, 2.05) is 0 Å². The van der Waals surface area contributed by atoms with Crippen LogP contribution in [-0.2, 0) is 11.1 Å². The van der Waals surface area contributed by atoms with Crippen molar-refractivity contribution in [2.24, 2.45) is 0 Å². The van der Waals surface area contributed by atoms with Crippen LogP contribution < -0.4 is 10.6 Å². The molecule has 0 atom stereocenters. The van der Waals surface area contributed by atoms with Crippen LogP contribution in [0.2, 0.25) is 0 Å². The molecule has 0 radical (unpaired) electrons. The topological polar surface area (TPSA) is 24.1 Å². The van der Waals surface area contributed by atoms with Crippen LogP contribution in [0.3, 0.4) is 0 Å². The second kappa shape index (κ2) is 15.5. The third kappa shape index (κ3) is 6.74. The van der Waals surface area contributed by atoms with E-state index in [-0.39, 0.29) is 0 Å². The lowest BCUT2D eigenvalue weighted by molar-refractivity contribution is 0.440. The summed E-state index contributed by atoms with van der Waals surface area (Å²) in [5.41, 5.74) is 6.74. The molecule has 0 aliphatic rings. The van der Waals surface area contributed by atoms with Gasteiger partial charge in [0.2, 0.25) is 0 Å². The molecule has 6 aromatic rings. The van der Waals surface area contributed by atoms with Crippen molar-refractivity contribution >= 4 is 0 Å². The van der Waals surface area contributed by atoms with Gasteiger partial charge in [-0.05, 0) is 59.3 Å². The highest BCUT2D eigenvalue weighted by Gasteiger charge is 2.36. The second-order valence-corrected chi connectivity index (χ2v) is 12.0. The summed E-state index contributed by atoms with van der Waals surface area (Å²) < 4.78 is 0. The van der Waals surface area contributed by atoms with Gasteiger partial charge in [-0.15, -0.1) is 0 Å². The summed E-state index contributed by atoms with van der Waals surface area (Å²) in [5, 5.41) is 8.09. The Bertz CT molecular complexity index is 1380. The van der Waals surface area contributed by atoms with Crippen LogP contribution in [0.25, 0.3) is 0 Å². The molecule has 0 bridgehead atoms. The lowest BCUT2D eigenvalue weighted by atomic mass is 9.77. The predicted molar refractivity (Wildman–Crippen MR) is 193 cm³/mol. The quantitative estimate of drug-likeness (QED) is 0.0906. The number of rotatable bonds is 15. The molecule has 0 unspecified atom stereocenters. The molecule has 0 saturated heterocycles. The fourth-order valence-electron chi connectivity index (χ4n) is 6.90. The molecule has 0 aliphatic carbocycles. The van der Waals surface area contributed by atoms with Crippen LogP contribution in [0.4, 0.5) is 0 Å². The first kappa shape index (κ1) is 31.2. The molecule has 0 amide bonds. The first-order valence-electron chi connectivity index (χ1n) is 16.7. The van der Waals surface area contributed by atoms with Crippen molar-refractivity contribution in [2.45, 2.75) is 36.8 Å². The minimum absolute atomic E-state index is 0.411. The van der Waals surface area contributed by atoms with E-state index in [1.54, 1.807) is 0 Å². The van der Waals surface area contributed by atoms with Crippen molar-refractivity contribution in [1.29, 1.82) is 0 Å².